The lowest BCUT2D eigenvalue weighted by molar-refractivity contribution is -0.0272. The molecule has 2 N–H and O–H groups in total. The van der Waals surface area contributed by atoms with Gasteiger partial charge in [-0.1, -0.05) is 0 Å². The Labute approximate surface area is 92.4 Å². The molecule has 84 valence electrons. The quantitative estimate of drug-likeness (QED) is 0.755. The Bertz CT molecular complexity index is 199. The van der Waals surface area contributed by atoms with E-state index in [4.69, 9.17) is 10.5 Å². The Morgan fingerprint density at radius 3 is 2.57 bits per heavy atom. The molecule has 0 aromatic heterocycles. The van der Waals surface area contributed by atoms with Crippen LogP contribution in [0.4, 0.5) is 0 Å². The highest BCUT2D eigenvalue weighted by atomic mass is 35.5. The van der Waals surface area contributed by atoms with E-state index >= 15 is 0 Å². The molecule has 1 spiro atoms. The second-order valence-electron chi connectivity index (χ2n) is 5.19. The lowest BCUT2D eigenvalue weighted by Gasteiger charge is -2.39. The summed E-state index contributed by atoms with van der Waals surface area (Å²) in [6.07, 6.45) is 2.59. The lowest BCUT2D eigenvalue weighted by Crippen LogP contribution is -2.55. The van der Waals surface area contributed by atoms with E-state index in [2.05, 4.69) is 18.7 Å². The molecule has 3 nitrogen and oxygen atoms in total. The molecule has 14 heavy (non-hydrogen) atoms. The molecule has 0 aromatic carbocycles. The Kier molecular flexibility index (Phi) is 3.47. The summed E-state index contributed by atoms with van der Waals surface area (Å²) in [7, 11) is 0. The Morgan fingerprint density at radius 1 is 1.43 bits per heavy atom. The van der Waals surface area contributed by atoms with Crippen molar-refractivity contribution in [1.82, 2.24) is 4.90 Å². The maximum absolute atomic E-state index is 6.03. The molecule has 1 saturated carbocycles. The van der Waals surface area contributed by atoms with Crippen molar-refractivity contribution < 1.29 is 4.74 Å². The molecule has 4 heteroatoms. The van der Waals surface area contributed by atoms with Crippen LogP contribution in [0.15, 0.2) is 0 Å². The average molecular weight is 221 g/mol. The van der Waals surface area contributed by atoms with Crippen molar-refractivity contribution in [2.75, 3.05) is 26.3 Å². The molecule has 1 saturated heterocycles. The van der Waals surface area contributed by atoms with Crippen molar-refractivity contribution in [3.63, 3.8) is 0 Å². The highest BCUT2D eigenvalue weighted by molar-refractivity contribution is 5.85. The van der Waals surface area contributed by atoms with E-state index < -0.39 is 0 Å². The van der Waals surface area contributed by atoms with E-state index in [1.165, 1.54) is 12.8 Å². The minimum atomic E-state index is -0.0765. The first-order chi connectivity index (χ1) is 6.02. The number of nitrogens with zero attached hydrogens (tertiary/aromatic N) is 1. The molecule has 1 aliphatic carbocycles. The van der Waals surface area contributed by atoms with Gasteiger partial charge in [0.15, 0.2) is 0 Å². The number of hydrogen-bond donors (Lipinski definition) is 1. The molecule has 1 aliphatic heterocycles. The SMILES string of the molecule is CC(C)(N)CN1CCOCC12CC2.Cl. The van der Waals surface area contributed by atoms with Crippen LogP contribution in [0.25, 0.3) is 0 Å². The molecule has 0 atom stereocenters. The van der Waals surface area contributed by atoms with Gasteiger partial charge in [-0.15, -0.1) is 12.4 Å². The Balaban J connectivity index is 0.000000980. The van der Waals surface area contributed by atoms with Crippen molar-refractivity contribution in [2.45, 2.75) is 37.8 Å². The molecule has 0 radical (unpaired) electrons. The summed E-state index contributed by atoms with van der Waals surface area (Å²) in [5, 5.41) is 0. The first-order valence-corrected chi connectivity index (χ1v) is 5.14. The number of ether oxygens (including phenoxy) is 1. The van der Waals surface area contributed by atoms with E-state index in [0.29, 0.717) is 5.54 Å². The van der Waals surface area contributed by atoms with E-state index in [1.54, 1.807) is 0 Å². The number of hydrogen-bond acceptors (Lipinski definition) is 3. The van der Waals surface area contributed by atoms with Gasteiger partial charge in [0.25, 0.3) is 0 Å². The zero-order valence-corrected chi connectivity index (χ0v) is 9.90. The van der Waals surface area contributed by atoms with Crippen LogP contribution in [-0.4, -0.2) is 42.3 Å². The summed E-state index contributed by atoms with van der Waals surface area (Å²) >= 11 is 0. The van der Waals surface area contributed by atoms with Gasteiger partial charge < -0.3 is 10.5 Å². The Morgan fingerprint density at radius 2 is 2.07 bits per heavy atom. The molecule has 2 rings (SSSR count). The molecule has 2 fully saturated rings. The third-order valence-electron chi connectivity index (χ3n) is 2.97. The molecule has 0 amide bonds. The largest absolute Gasteiger partial charge is 0.378 e. The summed E-state index contributed by atoms with van der Waals surface area (Å²) in [6, 6.07) is 0. The van der Waals surface area contributed by atoms with Gasteiger partial charge in [0, 0.05) is 24.2 Å². The molecular weight excluding hydrogens is 200 g/mol. The van der Waals surface area contributed by atoms with Crippen LogP contribution < -0.4 is 5.73 Å². The van der Waals surface area contributed by atoms with E-state index in [1.807, 2.05) is 0 Å². The van der Waals surface area contributed by atoms with Gasteiger partial charge in [-0.2, -0.15) is 0 Å². The molecule has 0 aromatic rings. The van der Waals surface area contributed by atoms with E-state index in [9.17, 15) is 0 Å². The molecule has 0 bridgehead atoms. The van der Waals surface area contributed by atoms with E-state index in [0.717, 1.165) is 26.3 Å². The van der Waals surface area contributed by atoms with Crippen LogP contribution in [-0.2, 0) is 4.74 Å². The predicted molar refractivity (Wildman–Crippen MR) is 59.9 cm³/mol. The zero-order chi connectivity index (χ0) is 9.53. The fraction of sp³-hybridized carbons (Fsp3) is 1.00. The van der Waals surface area contributed by atoms with Crippen molar-refractivity contribution in [2.24, 2.45) is 5.73 Å². The van der Waals surface area contributed by atoms with Crippen molar-refractivity contribution in [1.29, 1.82) is 0 Å². The van der Waals surface area contributed by atoms with Crippen LogP contribution in [0.3, 0.4) is 0 Å². The van der Waals surface area contributed by atoms with Crippen LogP contribution in [0.2, 0.25) is 0 Å². The second kappa shape index (κ2) is 3.97. The Hall–Kier alpha value is 0.170. The molecule has 1 heterocycles. The minimum Gasteiger partial charge on any atom is -0.378 e. The van der Waals surface area contributed by atoms with Crippen LogP contribution in [0, 0.1) is 0 Å². The lowest BCUT2D eigenvalue weighted by atomic mass is 10.0. The number of halogens is 1. The first kappa shape index (κ1) is 12.2. The monoisotopic (exact) mass is 220 g/mol. The highest BCUT2D eigenvalue weighted by Crippen LogP contribution is 2.43. The standard InChI is InChI=1S/C10H20N2O.ClH/c1-9(2,11)7-12-5-6-13-8-10(12)3-4-10;/h3-8,11H2,1-2H3;1H. The molecule has 0 unspecified atom stereocenters. The number of rotatable bonds is 2. The molecular formula is C10H21ClN2O. The zero-order valence-electron chi connectivity index (χ0n) is 9.08. The molecule has 2 aliphatic rings. The first-order valence-electron chi connectivity index (χ1n) is 5.14. The van der Waals surface area contributed by atoms with Crippen molar-refractivity contribution in [3.8, 4) is 0 Å². The van der Waals surface area contributed by atoms with E-state index in [-0.39, 0.29) is 17.9 Å². The fourth-order valence-electron chi connectivity index (χ4n) is 2.11. The van der Waals surface area contributed by atoms with Crippen LogP contribution in [0.1, 0.15) is 26.7 Å². The number of morpholine rings is 1. The highest BCUT2D eigenvalue weighted by Gasteiger charge is 2.50. The summed E-state index contributed by atoms with van der Waals surface area (Å²) in [4.78, 5) is 2.52. The summed E-state index contributed by atoms with van der Waals surface area (Å²) in [5.41, 5.74) is 6.34. The smallest absolute Gasteiger partial charge is 0.0651 e. The number of nitrogens with two attached hydrogens (primary N) is 1. The van der Waals surface area contributed by atoms with Crippen LogP contribution in [0.5, 0.6) is 0 Å². The van der Waals surface area contributed by atoms with Crippen molar-refractivity contribution >= 4 is 12.4 Å². The average Bonchev–Trinajstić information content (AvgIpc) is 2.73. The van der Waals surface area contributed by atoms with Crippen molar-refractivity contribution in [3.05, 3.63) is 0 Å². The van der Waals surface area contributed by atoms with Gasteiger partial charge in [0.1, 0.15) is 0 Å². The summed E-state index contributed by atoms with van der Waals surface area (Å²) < 4.78 is 5.51. The summed E-state index contributed by atoms with van der Waals surface area (Å²) in [5.74, 6) is 0. The van der Waals surface area contributed by atoms with Gasteiger partial charge in [0.2, 0.25) is 0 Å². The third kappa shape index (κ3) is 2.60. The fourth-order valence-corrected chi connectivity index (χ4v) is 2.11. The van der Waals surface area contributed by atoms with Crippen LogP contribution >= 0.6 is 12.4 Å². The van der Waals surface area contributed by atoms with Gasteiger partial charge >= 0.3 is 0 Å². The predicted octanol–water partition coefficient (Wildman–Crippen LogP) is 1.01. The minimum absolute atomic E-state index is 0. The normalized spacial score (nSPS) is 25.9. The topological polar surface area (TPSA) is 38.5 Å². The maximum atomic E-state index is 6.03. The van der Waals surface area contributed by atoms with Gasteiger partial charge in [-0.25, -0.2) is 0 Å². The van der Waals surface area contributed by atoms with Gasteiger partial charge in [0.05, 0.1) is 13.2 Å². The second-order valence-corrected chi connectivity index (χ2v) is 5.19. The van der Waals surface area contributed by atoms with Gasteiger partial charge in [-0.3, -0.25) is 4.90 Å². The summed E-state index contributed by atoms with van der Waals surface area (Å²) in [6.45, 7) is 8.04. The maximum Gasteiger partial charge on any atom is 0.0651 e. The third-order valence-corrected chi connectivity index (χ3v) is 2.97. The van der Waals surface area contributed by atoms with Gasteiger partial charge in [-0.05, 0) is 26.7 Å².